The van der Waals surface area contributed by atoms with Gasteiger partial charge in [-0.1, -0.05) is 60.7 Å². The average Bonchev–Trinajstić information content (AvgIpc) is 3.13. The largest absolute Gasteiger partial charge is 0.348 e. The number of hydrogen-bond donors (Lipinski definition) is 2. The van der Waals surface area contributed by atoms with Crippen LogP contribution in [0.2, 0.25) is 0 Å². The van der Waals surface area contributed by atoms with E-state index >= 15 is 0 Å². The molecule has 3 rings (SSSR count). The molecule has 0 bridgehead atoms. The van der Waals surface area contributed by atoms with E-state index in [2.05, 4.69) is 34.5 Å². The molecule has 2 unspecified atom stereocenters. The SMILES string of the molecule is CC(NC(=O)C(C)N1C[C@@H](CN)[C@H](c2ccccc2)C1)c1ccccc1.Cl. The predicted molar refractivity (Wildman–Crippen MR) is 113 cm³/mol. The summed E-state index contributed by atoms with van der Waals surface area (Å²) in [4.78, 5) is 15.0. The number of nitrogens with two attached hydrogens (primary N) is 1. The van der Waals surface area contributed by atoms with Crippen molar-refractivity contribution in [1.29, 1.82) is 0 Å². The average molecular weight is 388 g/mol. The van der Waals surface area contributed by atoms with Crippen LogP contribution in [0.15, 0.2) is 60.7 Å². The summed E-state index contributed by atoms with van der Waals surface area (Å²) < 4.78 is 0. The minimum absolute atomic E-state index is 0. The van der Waals surface area contributed by atoms with Crippen molar-refractivity contribution in [2.24, 2.45) is 11.7 Å². The number of rotatable bonds is 6. The monoisotopic (exact) mass is 387 g/mol. The molecule has 0 saturated carbocycles. The van der Waals surface area contributed by atoms with Crippen molar-refractivity contribution < 1.29 is 4.79 Å². The number of nitrogens with zero attached hydrogens (tertiary/aromatic N) is 1. The highest BCUT2D eigenvalue weighted by Gasteiger charge is 2.37. The highest BCUT2D eigenvalue weighted by Crippen LogP contribution is 2.33. The molecule has 4 atom stereocenters. The van der Waals surface area contributed by atoms with E-state index in [1.165, 1.54) is 5.56 Å². The van der Waals surface area contributed by atoms with Gasteiger partial charge in [0.15, 0.2) is 0 Å². The van der Waals surface area contributed by atoms with Crippen molar-refractivity contribution in [3.63, 3.8) is 0 Å². The molecule has 2 aromatic carbocycles. The second-order valence-electron chi connectivity index (χ2n) is 7.28. The van der Waals surface area contributed by atoms with E-state index < -0.39 is 0 Å². The number of carbonyl (C=O) groups excluding carboxylic acids is 1. The molecule has 1 aliphatic heterocycles. The van der Waals surface area contributed by atoms with Crippen molar-refractivity contribution in [2.75, 3.05) is 19.6 Å². The molecular formula is C22H30ClN3O. The number of amides is 1. The van der Waals surface area contributed by atoms with Crippen LogP contribution in [0.1, 0.15) is 36.9 Å². The number of hydrogen-bond acceptors (Lipinski definition) is 3. The zero-order valence-electron chi connectivity index (χ0n) is 16.0. The van der Waals surface area contributed by atoms with Gasteiger partial charge in [-0.3, -0.25) is 9.69 Å². The van der Waals surface area contributed by atoms with Crippen LogP contribution in [0.5, 0.6) is 0 Å². The summed E-state index contributed by atoms with van der Waals surface area (Å²) in [5, 5.41) is 3.15. The molecule has 5 heteroatoms. The van der Waals surface area contributed by atoms with Gasteiger partial charge in [0.05, 0.1) is 12.1 Å². The van der Waals surface area contributed by atoms with Gasteiger partial charge in [-0.05, 0) is 37.4 Å². The van der Waals surface area contributed by atoms with E-state index in [0.717, 1.165) is 18.7 Å². The molecule has 27 heavy (non-hydrogen) atoms. The first-order chi connectivity index (χ1) is 12.6. The van der Waals surface area contributed by atoms with Crippen LogP contribution < -0.4 is 11.1 Å². The molecule has 0 aromatic heterocycles. The molecule has 0 radical (unpaired) electrons. The van der Waals surface area contributed by atoms with Crippen molar-refractivity contribution >= 4 is 18.3 Å². The fourth-order valence-electron chi connectivity index (χ4n) is 3.86. The standard InChI is InChI=1S/C22H29N3O.ClH/c1-16(18-9-5-3-6-10-18)24-22(26)17(2)25-14-20(13-23)21(15-25)19-11-7-4-8-12-19;/h3-12,16-17,20-21H,13-15,23H2,1-2H3,(H,24,26);1H/t16?,17?,20-,21+;/m1./s1. The summed E-state index contributed by atoms with van der Waals surface area (Å²) in [7, 11) is 0. The maximum Gasteiger partial charge on any atom is 0.237 e. The number of carbonyl (C=O) groups is 1. The first-order valence-corrected chi connectivity index (χ1v) is 9.44. The van der Waals surface area contributed by atoms with Crippen LogP contribution >= 0.6 is 12.4 Å². The Balaban J connectivity index is 0.00000261. The Labute approximate surface area is 168 Å². The van der Waals surface area contributed by atoms with Gasteiger partial charge < -0.3 is 11.1 Å². The van der Waals surface area contributed by atoms with E-state index in [4.69, 9.17) is 5.73 Å². The van der Waals surface area contributed by atoms with Gasteiger partial charge in [-0.2, -0.15) is 0 Å². The molecular weight excluding hydrogens is 358 g/mol. The van der Waals surface area contributed by atoms with E-state index in [0.29, 0.717) is 18.4 Å². The van der Waals surface area contributed by atoms with Crippen molar-refractivity contribution in [2.45, 2.75) is 31.8 Å². The minimum Gasteiger partial charge on any atom is -0.348 e. The zero-order chi connectivity index (χ0) is 18.5. The molecule has 1 aliphatic rings. The van der Waals surface area contributed by atoms with Crippen LogP contribution in [-0.2, 0) is 4.79 Å². The predicted octanol–water partition coefficient (Wildman–Crippen LogP) is 3.35. The summed E-state index contributed by atoms with van der Waals surface area (Å²) in [5.41, 5.74) is 8.47. The van der Waals surface area contributed by atoms with Crippen molar-refractivity contribution in [3.8, 4) is 0 Å². The number of halogens is 1. The van der Waals surface area contributed by atoms with Gasteiger partial charge in [-0.15, -0.1) is 12.4 Å². The van der Waals surface area contributed by atoms with Gasteiger partial charge in [0.2, 0.25) is 5.91 Å². The van der Waals surface area contributed by atoms with Gasteiger partial charge >= 0.3 is 0 Å². The lowest BCUT2D eigenvalue weighted by Crippen LogP contribution is -2.45. The van der Waals surface area contributed by atoms with Crippen molar-refractivity contribution in [3.05, 3.63) is 71.8 Å². The molecule has 2 aromatic rings. The van der Waals surface area contributed by atoms with Crippen LogP contribution in [0.25, 0.3) is 0 Å². The summed E-state index contributed by atoms with van der Waals surface area (Å²) in [6.45, 7) is 6.41. The summed E-state index contributed by atoms with van der Waals surface area (Å²) in [5.74, 6) is 0.855. The van der Waals surface area contributed by atoms with E-state index in [9.17, 15) is 4.79 Å². The summed E-state index contributed by atoms with van der Waals surface area (Å²) >= 11 is 0. The maximum absolute atomic E-state index is 12.8. The van der Waals surface area contributed by atoms with Crippen LogP contribution in [0.3, 0.4) is 0 Å². The molecule has 1 saturated heterocycles. The second-order valence-corrected chi connectivity index (χ2v) is 7.28. The van der Waals surface area contributed by atoms with Crippen LogP contribution in [-0.4, -0.2) is 36.5 Å². The lowest BCUT2D eigenvalue weighted by molar-refractivity contribution is -0.126. The molecule has 0 spiro atoms. The summed E-state index contributed by atoms with van der Waals surface area (Å²) in [6.07, 6.45) is 0. The fraction of sp³-hybridized carbons (Fsp3) is 0.409. The smallest absolute Gasteiger partial charge is 0.237 e. The third kappa shape index (κ3) is 5.10. The molecule has 0 aliphatic carbocycles. The van der Waals surface area contributed by atoms with E-state index in [1.807, 2.05) is 50.2 Å². The molecule has 1 fully saturated rings. The highest BCUT2D eigenvalue weighted by molar-refractivity contribution is 5.85. The second kappa shape index (κ2) is 9.88. The summed E-state index contributed by atoms with van der Waals surface area (Å²) in [6, 6.07) is 20.4. The lowest BCUT2D eigenvalue weighted by Gasteiger charge is -2.25. The Bertz CT molecular complexity index is 710. The van der Waals surface area contributed by atoms with Gasteiger partial charge in [0.25, 0.3) is 0 Å². The number of nitrogens with one attached hydrogen (secondary N) is 1. The molecule has 1 amide bonds. The highest BCUT2D eigenvalue weighted by atomic mass is 35.5. The Morgan fingerprint density at radius 2 is 1.67 bits per heavy atom. The maximum atomic E-state index is 12.8. The third-order valence-corrected chi connectivity index (χ3v) is 5.59. The Kier molecular flexibility index (Phi) is 7.84. The first-order valence-electron chi connectivity index (χ1n) is 9.44. The quantitative estimate of drug-likeness (QED) is 0.799. The number of benzene rings is 2. The first kappa shape index (κ1) is 21.4. The minimum atomic E-state index is -0.163. The molecule has 1 heterocycles. The zero-order valence-corrected chi connectivity index (χ0v) is 16.9. The Morgan fingerprint density at radius 3 is 2.26 bits per heavy atom. The van der Waals surface area contributed by atoms with Gasteiger partial charge in [0, 0.05) is 19.0 Å². The van der Waals surface area contributed by atoms with Crippen LogP contribution in [0.4, 0.5) is 0 Å². The lowest BCUT2D eigenvalue weighted by atomic mass is 9.89. The Hall–Kier alpha value is -1.88. The normalized spacial score (nSPS) is 21.9. The van der Waals surface area contributed by atoms with Gasteiger partial charge in [0.1, 0.15) is 0 Å². The van der Waals surface area contributed by atoms with Crippen molar-refractivity contribution in [1.82, 2.24) is 10.2 Å². The fourth-order valence-corrected chi connectivity index (χ4v) is 3.86. The number of likely N-dealkylation sites (tertiary alicyclic amines) is 1. The topological polar surface area (TPSA) is 58.4 Å². The van der Waals surface area contributed by atoms with Crippen LogP contribution in [0, 0.1) is 5.92 Å². The molecule has 4 nitrogen and oxygen atoms in total. The Morgan fingerprint density at radius 1 is 1.07 bits per heavy atom. The molecule has 3 N–H and O–H groups in total. The van der Waals surface area contributed by atoms with E-state index in [-0.39, 0.29) is 30.4 Å². The third-order valence-electron chi connectivity index (χ3n) is 5.59. The van der Waals surface area contributed by atoms with Gasteiger partial charge in [-0.25, -0.2) is 0 Å². The van der Waals surface area contributed by atoms with E-state index in [1.54, 1.807) is 0 Å². The molecule has 146 valence electrons.